The number of hydrazine groups is 1. The molecule has 0 bridgehead atoms. The highest BCUT2D eigenvalue weighted by Gasteiger charge is 1.98. The minimum absolute atomic E-state index is 0.204. The molecule has 0 saturated heterocycles. The van der Waals surface area contributed by atoms with Crippen molar-refractivity contribution in [3.05, 3.63) is 24.3 Å². The monoisotopic (exact) mass is 334 g/mol. The van der Waals surface area contributed by atoms with Crippen molar-refractivity contribution in [2.75, 3.05) is 17.8 Å². The van der Waals surface area contributed by atoms with Crippen molar-refractivity contribution in [1.82, 2.24) is 10.7 Å². The maximum atomic E-state index is 11.0. The molecule has 1 aromatic carbocycles. The van der Waals surface area contributed by atoms with Gasteiger partial charge in [0.15, 0.2) is 0 Å². The Bertz CT molecular complexity index is 380. The molecule has 7 heteroatoms. The van der Waals surface area contributed by atoms with Gasteiger partial charge in [-0.2, -0.15) is 0 Å². The zero-order valence-electron chi connectivity index (χ0n) is 8.50. The minimum atomic E-state index is -0.277. The largest absolute Gasteiger partial charge is 0.341 e. The first kappa shape index (κ1) is 12.6. The van der Waals surface area contributed by atoms with Gasteiger partial charge in [0.25, 0.3) is 3.91 Å². The van der Waals surface area contributed by atoms with Crippen LogP contribution >= 0.6 is 22.6 Å². The zero-order valence-corrected chi connectivity index (χ0v) is 10.7. The summed E-state index contributed by atoms with van der Waals surface area (Å²) in [4.78, 5) is 21.6. The summed E-state index contributed by atoms with van der Waals surface area (Å²) in [6.07, 6.45) is 0. The van der Waals surface area contributed by atoms with E-state index in [4.69, 9.17) is 0 Å². The molecule has 1 rings (SSSR count). The van der Waals surface area contributed by atoms with E-state index < -0.39 is 0 Å². The molecular weight excluding hydrogens is 323 g/mol. The van der Waals surface area contributed by atoms with Crippen LogP contribution in [0.1, 0.15) is 0 Å². The highest BCUT2D eigenvalue weighted by Crippen LogP contribution is 2.12. The maximum absolute atomic E-state index is 11.0. The third kappa shape index (κ3) is 4.34. The number of nitrogens with one attached hydrogen (secondary N) is 4. The number of amides is 3. The first-order valence-corrected chi connectivity index (χ1v) is 5.50. The summed E-state index contributed by atoms with van der Waals surface area (Å²) in [7, 11) is 1.54. The van der Waals surface area contributed by atoms with Gasteiger partial charge < -0.3 is 10.6 Å². The van der Waals surface area contributed by atoms with E-state index in [0.29, 0.717) is 5.69 Å². The molecule has 0 saturated carbocycles. The molecule has 0 heterocycles. The van der Waals surface area contributed by atoms with E-state index in [1.807, 2.05) is 0 Å². The molecule has 3 amide bonds. The predicted molar refractivity (Wildman–Crippen MR) is 70.7 cm³/mol. The van der Waals surface area contributed by atoms with Crippen molar-refractivity contribution < 1.29 is 9.59 Å². The molecule has 4 N–H and O–H groups in total. The number of carbonyl (C=O) groups excluding carboxylic acids is 2. The highest BCUT2D eigenvalue weighted by atomic mass is 127. The lowest BCUT2D eigenvalue weighted by molar-refractivity contribution is 0.254. The van der Waals surface area contributed by atoms with Gasteiger partial charge >= 0.3 is 6.03 Å². The van der Waals surface area contributed by atoms with Gasteiger partial charge in [-0.25, -0.2) is 4.79 Å². The Morgan fingerprint density at radius 1 is 1.12 bits per heavy atom. The smallest absolute Gasteiger partial charge is 0.318 e. The maximum Gasteiger partial charge on any atom is 0.318 e. The standard InChI is InChI=1S/C9H11IN4O2/c1-11-9(16)12-6-2-4-7(5-3-6)13-14-8(10)15/h2-5,13H,1H3,(H,14,15)(H2,11,12,16). The number of halogens is 1. The summed E-state index contributed by atoms with van der Waals surface area (Å²) in [5.74, 6) is 0. The molecule has 0 unspecified atom stereocenters. The lowest BCUT2D eigenvalue weighted by atomic mass is 10.3. The van der Waals surface area contributed by atoms with Crippen LogP contribution in [-0.4, -0.2) is 17.0 Å². The second-order valence-corrected chi connectivity index (χ2v) is 3.78. The molecule has 1 aromatic rings. The van der Waals surface area contributed by atoms with E-state index >= 15 is 0 Å². The quantitative estimate of drug-likeness (QED) is 0.295. The summed E-state index contributed by atoms with van der Waals surface area (Å²) in [6.45, 7) is 0. The molecule has 0 aliphatic heterocycles. The normalized spacial score (nSPS) is 9.12. The summed E-state index contributed by atoms with van der Waals surface area (Å²) >= 11 is 1.62. The van der Waals surface area contributed by atoms with Gasteiger partial charge in [-0.1, -0.05) is 0 Å². The van der Waals surface area contributed by atoms with Gasteiger partial charge in [-0.3, -0.25) is 15.6 Å². The van der Waals surface area contributed by atoms with E-state index in [0.717, 1.165) is 5.69 Å². The van der Waals surface area contributed by atoms with Crippen LogP contribution in [0.15, 0.2) is 24.3 Å². The predicted octanol–water partition coefficient (Wildman–Crippen LogP) is 1.91. The van der Waals surface area contributed by atoms with Crippen molar-refractivity contribution in [3.63, 3.8) is 0 Å². The molecule has 0 atom stereocenters. The fourth-order valence-electron chi connectivity index (χ4n) is 0.952. The number of anilines is 2. The van der Waals surface area contributed by atoms with Gasteiger partial charge in [0.2, 0.25) is 0 Å². The van der Waals surface area contributed by atoms with Crippen molar-refractivity contribution in [3.8, 4) is 0 Å². The molecular formula is C9H11IN4O2. The molecule has 6 nitrogen and oxygen atoms in total. The van der Waals surface area contributed by atoms with Gasteiger partial charge in [-0.05, 0) is 24.3 Å². The second-order valence-electron chi connectivity index (χ2n) is 2.81. The lowest BCUT2D eigenvalue weighted by Crippen LogP contribution is -2.24. The van der Waals surface area contributed by atoms with Gasteiger partial charge in [0.05, 0.1) is 5.69 Å². The van der Waals surface area contributed by atoms with E-state index in [1.54, 1.807) is 53.9 Å². The molecule has 0 spiro atoms. The summed E-state index contributed by atoms with van der Waals surface area (Å²) in [5, 5.41) is 5.06. The number of carbonyl (C=O) groups is 2. The first-order valence-electron chi connectivity index (χ1n) is 4.42. The third-order valence-electron chi connectivity index (χ3n) is 1.67. The highest BCUT2D eigenvalue weighted by molar-refractivity contribution is 14.1. The Labute approximate surface area is 106 Å². The van der Waals surface area contributed by atoms with E-state index in [9.17, 15) is 9.59 Å². The van der Waals surface area contributed by atoms with E-state index in [2.05, 4.69) is 21.5 Å². The molecule has 0 aliphatic rings. The van der Waals surface area contributed by atoms with Gasteiger partial charge in [0.1, 0.15) is 0 Å². The van der Waals surface area contributed by atoms with Crippen LogP contribution in [0.5, 0.6) is 0 Å². The SMILES string of the molecule is CNC(=O)Nc1ccc(NNC(=O)I)cc1. The molecule has 0 aromatic heterocycles. The number of hydrogen-bond acceptors (Lipinski definition) is 3. The molecule has 86 valence electrons. The van der Waals surface area contributed by atoms with Crippen LogP contribution in [0.25, 0.3) is 0 Å². The molecule has 0 radical (unpaired) electrons. The van der Waals surface area contributed by atoms with Crippen molar-refractivity contribution in [2.45, 2.75) is 0 Å². The summed E-state index contributed by atoms with van der Waals surface area (Å²) in [5.41, 5.74) is 6.54. The van der Waals surface area contributed by atoms with Crippen LogP contribution in [-0.2, 0) is 0 Å². The van der Waals surface area contributed by atoms with Crippen molar-refractivity contribution in [2.24, 2.45) is 0 Å². The molecule has 16 heavy (non-hydrogen) atoms. The Hall–Kier alpha value is -1.51. The molecule has 0 fully saturated rings. The zero-order chi connectivity index (χ0) is 12.0. The van der Waals surface area contributed by atoms with Gasteiger partial charge in [0, 0.05) is 35.3 Å². The Kier molecular flexibility index (Phi) is 4.83. The first-order chi connectivity index (χ1) is 7.61. The fourth-order valence-corrected chi connectivity index (χ4v) is 1.09. The lowest BCUT2D eigenvalue weighted by Gasteiger charge is -2.07. The van der Waals surface area contributed by atoms with Crippen molar-refractivity contribution in [1.29, 1.82) is 0 Å². The fraction of sp³-hybridized carbons (Fsp3) is 0.111. The van der Waals surface area contributed by atoms with Crippen molar-refractivity contribution >= 4 is 43.9 Å². The van der Waals surface area contributed by atoms with Crippen LogP contribution in [0.2, 0.25) is 0 Å². The van der Waals surface area contributed by atoms with Crippen LogP contribution in [0.3, 0.4) is 0 Å². The average molecular weight is 334 g/mol. The van der Waals surface area contributed by atoms with Gasteiger partial charge in [-0.15, -0.1) is 0 Å². The number of urea groups is 1. The number of rotatable bonds is 3. The van der Waals surface area contributed by atoms with Crippen LogP contribution in [0.4, 0.5) is 21.0 Å². The summed E-state index contributed by atoms with van der Waals surface area (Å²) < 4.78 is -0.204. The van der Waals surface area contributed by atoms with E-state index in [-0.39, 0.29) is 9.95 Å². The second kappa shape index (κ2) is 6.16. The third-order valence-corrected chi connectivity index (χ3v) is 1.94. The van der Waals surface area contributed by atoms with Crippen LogP contribution in [0, 0.1) is 0 Å². The number of hydrogen-bond donors (Lipinski definition) is 4. The van der Waals surface area contributed by atoms with E-state index in [1.165, 1.54) is 0 Å². The Balaban J connectivity index is 2.54. The average Bonchev–Trinajstić information content (AvgIpc) is 2.28. The minimum Gasteiger partial charge on any atom is -0.341 e. The topological polar surface area (TPSA) is 82.3 Å². The van der Waals surface area contributed by atoms with Crippen LogP contribution < -0.4 is 21.5 Å². The Morgan fingerprint density at radius 2 is 1.69 bits per heavy atom. The number of benzene rings is 1. The Morgan fingerprint density at radius 3 is 2.19 bits per heavy atom. The summed E-state index contributed by atoms with van der Waals surface area (Å²) in [6, 6.07) is 6.63. The molecule has 0 aliphatic carbocycles.